The lowest BCUT2D eigenvalue weighted by atomic mass is 9.81. The molecule has 16 aromatic carbocycles. The first-order chi connectivity index (χ1) is 54.9. The molecule has 6 nitrogen and oxygen atoms in total. The van der Waals surface area contributed by atoms with Gasteiger partial charge in [-0.15, -0.1) is 0 Å². The highest BCUT2D eigenvalue weighted by Gasteiger charge is 2.38. The van der Waals surface area contributed by atoms with Gasteiger partial charge < -0.3 is 17.7 Å². The maximum Gasteiger partial charge on any atom is 0.178 e. The summed E-state index contributed by atoms with van der Waals surface area (Å²) in [5.74, 6) is 0.698. The van der Waals surface area contributed by atoms with Crippen molar-refractivity contribution in [1.29, 1.82) is 0 Å². The molecule has 5 aromatic heterocycles. The van der Waals surface area contributed by atoms with Crippen LogP contribution in [0.1, 0.15) is 49.9 Å². The molecule has 0 N–H and O–H groups in total. The third kappa shape index (κ3) is 10.5. The number of benzene rings is 16. The Kier molecular flexibility index (Phi) is 14.6. The fourth-order valence-corrected chi connectivity index (χ4v) is 17.9. The van der Waals surface area contributed by atoms with Crippen molar-refractivity contribution in [3.05, 3.63) is 374 Å². The van der Waals surface area contributed by atoms with E-state index in [4.69, 9.17) is 27.6 Å². The molecule has 528 valence electrons. The summed E-state index contributed by atoms with van der Waals surface area (Å²) in [5, 5.41) is 8.53. The fraction of sp³-hybridized carbons (Fsp3) is 0.0566. The molecule has 0 atom stereocenters. The number of aromatic nitrogens is 2. The van der Waals surface area contributed by atoms with Crippen LogP contribution in [0, 0.1) is 0 Å². The lowest BCUT2D eigenvalue weighted by Gasteiger charge is -2.22. The van der Waals surface area contributed by atoms with Crippen molar-refractivity contribution in [2.75, 3.05) is 0 Å². The molecule has 0 saturated heterocycles. The van der Waals surface area contributed by atoms with Gasteiger partial charge in [0.25, 0.3) is 0 Å². The second kappa shape index (κ2) is 25.2. The number of hydrogen-bond acceptors (Lipinski definition) is 6. The van der Waals surface area contributed by atoms with Crippen molar-refractivity contribution in [2.24, 2.45) is 0 Å². The van der Waals surface area contributed by atoms with Crippen LogP contribution < -0.4 is 0 Å². The molecule has 2 aliphatic rings. The summed E-state index contributed by atoms with van der Waals surface area (Å²) in [5.41, 5.74) is 35.9. The monoisotopic (exact) mass is 1430 g/mol. The summed E-state index contributed by atoms with van der Waals surface area (Å²) in [7, 11) is 0. The van der Waals surface area contributed by atoms with Crippen LogP contribution in [0.4, 0.5) is 0 Å². The Morgan fingerprint density at radius 3 is 0.768 bits per heavy atom. The molecule has 0 fully saturated rings. The highest BCUT2D eigenvalue weighted by atomic mass is 16.4. The van der Waals surface area contributed by atoms with E-state index in [-0.39, 0.29) is 10.8 Å². The second-order valence-corrected chi connectivity index (χ2v) is 31.1. The van der Waals surface area contributed by atoms with Crippen LogP contribution in [-0.2, 0) is 10.8 Å². The molecular weight excluding hydrogens is 1370 g/mol. The summed E-state index contributed by atoms with van der Waals surface area (Å²) in [6, 6.07) is 125. The van der Waals surface area contributed by atoms with Crippen LogP contribution in [0.5, 0.6) is 0 Å². The number of fused-ring (bicyclic) bond motifs is 20. The average molecular weight is 1440 g/mol. The first-order valence-electron chi connectivity index (χ1n) is 38.5. The molecular formula is C106H70N2O4. The minimum Gasteiger partial charge on any atom is -0.452 e. The zero-order valence-corrected chi connectivity index (χ0v) is 62.0. The predicted molar refractivity (Wildman–Crippen MR) is 462 cm³/mol. The van der Waals surface area contributed by atoms with E-state index in [1.165, 1.54) is 77.9 Å². The van der Waals surface area contributed by atoms with E-state index in [0.29, 0.717) is 5.82 Å². The van der Waals surface area contributed by atoms with E-state index >= 15 is 0 Å². The van der Waals surface area contributed by atoms with Gasteiger partial charge in [-0.05, 0) is 220 Å². The van der Waals surface area contributed by atoms with Gasteiger partial charge in [0.2, 0.25) is 0 Å². The molecule has 0 unspecified atom stereocenters. The topological polar surface area (TPSA) is 78.3 Å². The Balaban J connectivity index is 0.000000141. The van der Waals surface area contributed by atoms with Crippen LogP contribution in [-0.4, -0.2) is 9.97 Å². The zero-order valence-electron chi connectivity index (χ0n) is 62.0. The Morgan fingerprint density at radius 2 is 0.429 bits per heavy atom. The van der Waals surface area contributed by atoms with Crippen molar-refractivity contribution in [3.8, 4) is 123 Å². The van der Waals surface area contributed by atoms with Crippen LogP contribution in [0.25, 0.3) is 211 Å². The third-order valence-electron chi connectivity index (χ3n) is 23.8. The Hall–Kier alpha value is -14.2. The van der Waals surface area contributed by atoms with Crippen molar-refractivity contribution < 1.29 is 17.7 Å². The van der Waals surface area contributed by atoms with Gasteiger partial charge in [-0.2, -0.15) is 0 Å². The van der Waals surface area contributed by atoms with E-state index < -0.39 is 0 Å². The highest BCUT2D eigenvalue weighted by molar-refractivity contribution is 6.21. The summed E-state index contributed by atoms with van der Waals surface area (Å²) >= 11 is 0. The zero-order chi connectivity index (χ0) is 74.5. The van der Waals surface area contributed by atoms with Gasteiger partial charge in [-0.1, -0.05) is 270 Å². The smallest absolute Gasteiger partial charge is 0.178 e. The largest absolute Gasteiger partial charge is 0.452 e. The van der Waals surface area contributed by atoms with Crippen molar-refractivity contribution >= 4 is 87.8 Å². The predicted octanol–water partition coefficient (Wildman–Crippen LogP) is 29.4. The summed E-state index contributed by atoms with van der Waals surface area (Å²) < 4.78 is 26.6. The second-order valence-electron chi connectivity index (χ2n) is 31.1. The maximum absolute atomic E-state index is 6.76. The molecule has 0 saturated carbocycles. The first kappa shape index (κ1) is 64.9. The van der Waals surface area contributed by atoms with Crippen LogP contribution in [0.15, 0.2) is 370 Å². The van der Waals surface area contributed by atoms with E-state index in [9.17, 15) is 0 Å². The molecule has 0 aliphatic heterocycles. The van der Waals surface area contributed by atoms with E-state index in [1.54, 1.807) is 0 Å². The number of hydrogen-bond donors (Lipinski definition) is 0. The molecule has 6 heteroatoms. The SMILES string of the molecule is CC1(C)c2cc(-c3ccccc3)ccc2-c2ccc(-c3ccc4c(c3)oc3c4ccc4c5ccc(-c6ccc7c(c6)C(C)(C)c6cc(-c8ccccc8)ccc6-7)cc5oc43)cc21.c1ccc(-c2ccc3c(c2)oc2c3ccc3c4ccc(-c5cccc(-c6cc(-c7ccccc7)nc(-c7ccccc7)n6)c5)cc4oc32)cc1. The Labute approximate surface area is 646 Å². The lowest BCUT2D eigenvalue weighted by Crippen LogP contribution is -2.15. The lowest BCUT2D eigenvalue weighted by molar-refractivity contribution is 0.633. The minimum atomic E-state index is -0.127. The van der Waals surface area contributed by atoms with Gasteiger partial charge in [0.05, 0.1) is 11.4 Å². The molecule has 0 amide bonds. The molecule has 5 heterocycles. The molecule has 23 rings (SSSR count). The fourth-order valence-electron chi connectivity index (χ4n) is 17.9. The summed E-state index contributed by atoms with van der Waals surface area (Å²) in [4.78, 5) is 10.00. The van der Waals surface area contributed by atoms with Gasteiger partial charge in [-0.25, -0.2) is 9.97 Å². The highest BCUT2D eigenvalue weighted by Crippen LogP contribution is 2.54. The molecule has 112 heavy (non-hydrogen) atoms. The Morgan fingerprint density at radius 1 is 0.188 bits per heavy atom. The molecule has 0 bridgehead atoms. The molecule has 0 radical (unpaired) electrons. The van der Waals surface area contributed by atoms with Crippen molar-refractivity contribution in [2.45, 2.75) is 38.5 Å². The van der Waals surface area contributed by atoms with E-state index in [1.807, 2.05) is 54.6 Å². The van der Waals surface area contributed by atoms with Crippen molar-refractivity contribution in [1.82, 2.24) is 9.97 Å². The molecule has 2 aliphatic carbocycles. The van der Waals surface area contributed by atoms with Gasteiger partial charge in [0.15, 0.2) is 28.2 Å². The van der Waals surface area contributed by atoms with Gasteiger partial charge >= 0.3 is 0 Å². The standard InChI is InChI=1S/C60H42O2.C46H28N2O2/c1-59(2)51-29-37(35-11-7-5-8-12-35)15-21-43(51)45-23-17-39(31-53(45)59)41-19-25-47-49-27-28-50-48-26-20-42(34-56(48)62-58(50)57(49)61-55(47)33-41)40-18-24-46-44-22-16-38(36-13-9-6-10-14-36)30-52(44)60(3,4)54(46)32-40;1-4-11-29(12-5-1)33-19-21-36-38-23-24-39-37-22-20-34(27-43(37)50-45(39)44(38)49-42(36)26-33)32-17-10-18-35(25-32)41-28-40(30-13-6-2-7-14-30)47-46(48-41)31-15-8-3-9-16-31/h5-34H,1-4H3;1-28H. The quantitative estimate of drug-likeness (QED) is 0.143. The average Bonchev–Trinajstić information content (AvgIpc) is 1.59. The summed E-state index contributed by atoms with van der Waals surface area (Å²) in [6.45, 7) is 9.42. The summed E-state index contributed by atoms with van der Waals surface area (Å²) in [6.07, 6.45) is 0. The van der Waals surface area contributed by atoms with Gasteiger partial charge in [-0.3, -0.25) is 0 Å². The van der Waals surface area contributed by atoms with Crippen LogP contribution in [0.3, 0.4) is 0 Å². The number of rotatable bonds is 9. The third-order valence-corrected chi connectivity index (χ3v) is 23.8. The van der Waals surface area contributed by atoms with E-state index in [2.05, 4.69) is 325 Å². The van der Waals surface area contributed by atoms with Crippen LogP contribution in [0.2, 0.25) is 0 Å². The van der Waals surface area contributed by atoms with E-state index in [0.717, 1.165) is 149 Å². The Bertz CT molecular complexity index is 7100. The number of nitrogens with zero attached hydrogens (tertiary/aromatic N) is 2. The normalized spacial score (nSPS) is 13.1. The maximum atomic E-state index is 6.76. The van der Waals surface area contributed by atoms with Gasteiger partial charge in [0, 0.05) is 70.6 Å². The van der Waals surface area contributed by atoms with Crippen molar-refractivity contribution in [3.63, 3.8) is 0 Å². The first-order valence-corrected chi connectivity index (χ1v) is 38.5. The van der Waals surface area contributed by atoms with Crippen LogP contribution >= 0.6 is 0 Å². The minimum absolute atomic E-state index is 0.127. The number of furan rings is 4. The molecule has 21 aromatic rings. The molecule has 0 spiro atoms. The van der Waals surface area contributed by atoms with Gasteiger partial charge in [0.1, 0.15) is 22.3 Å².